The number of carbonyl (C=O) groups excluding carboxylic acids is 2. The molecule has 1 N–H and O–H groups in total. The SMILES string of the molecule is CC(C)CC(=O)N1CCC(NC(=O)C2CCN(S(=O)(=O)c3ccc4c(c3)CCCC4)CC2)CC1. The van der Waals surface area contributed by atoms with Crippen molar-refractivity contribution in [3.63, 3.8) is 0 Å². The van der Waals surface area contributed by atoms with Crippen LogP contribution in [0.15, 0.2) is 23.1 Å². The number of rotatable bonds is 6. The predicted molar refractivity (Wildman–Crippen MR) is 132 cm³/mol. The highest BCUT2D eigenvalue weighted by atomic mass is 32.2. The molecule has 2 aliphatic heterocycles. The first-order valence-electron chi connectivity index (χ1n) is 12.9. The minimum Gasteiger partial charge on any atom is -0.353 e. The van der Waals surface area contributed by atoms with E-state index in [4.69, 9.17) is 0 Å². The van der Waals surface area contributed by atoms with Crippen molar-refractivity contribution in [2.75, 3.05) is 26.2 Å². The number of benzene rings is 1. The van der Waals surface area contributed by atoms with E-state index in [1.807, 2.05) is 30.9 Å². The molecule has 1 aromatic rings. The van der Waals surface area contributed by atoms with Crippen LogP contribution < -0.4 is 5.32 Å². The molecule has 3 aliphatic rings. The number of sulfonamides is 1. The fourth-order valence-corrected chi connectivity index (χ4v) is 6.97. The molecule has 2 saturated heterocycles. The fraction of sp³-hybridized carbons (Fsp3) is 0.692. The Bertz CT molecular complexity index is 991. The zero-order valence-electron chi connectivity index (χ0n) is 20.6. The van der Waals surface area contributed by atoms with E-state index in [1.54, 1.807) is 10.4 Å². The quantitative estimate of drug-likeness (QED) is 0.665. The van der Waals surface area contributed by atoms with E-state index in [0.717, 1.165) is 32.1 Å². The molecule has 0 unspecified atom stereocenters. The molecule has 1 aliphatic carbocycles. The van der Waals surface area contributed by atoms with Crippen LogP contribution in [0.25, 0.3) is 0 Å². The zero-order chi connectivity index (χ0) is 24.3. The summed E-state index contributed by atoms with van der Waals surface area (Å²) in [7, 11) is -3.53. The van der Waals surface area contributed by atoms with Crippen molar-refractivity contribution >= 4 is 21.8 Å². The number of carbonyl (C=O) groups is 2. The lowest BCUT2D eigenvalue weighted by molar-refractivity contribution is -0.133. The van der Waals surface area contributed by atoms with Gasteiger partial charge in [-0.25, -0.2) is 8.42 Å². The van der Waals surface area contributed by atoms with Gasteiger partial charge in [0.1, 0.15) is 0 Å². The maximum absolute atomic E-state index is 13.2. The number of aryl methyl sites for hydroxylation is 2. The van der Waals surface area contributed by atoms with Crippen molar-refractivity contribution in [2.45, 2.75) is 82.6 Å². The van der Waals surface area contributed by atoms with Gasteiger partial charge in [-0.3, -0.25) is 9.59 Å². The Morgan fingerprint density at radius 3 is 2.26 bits per heavy atom. The van der Waals surface area contributed by atoms with Gasteiger partial charge in [0.05, 0.1) is 4.90 Å². The van der Waals surface area contributed by atoms with Crippen molar-refractivity contribution in [3.05, 3.63) is 29.3 Å². The number of likely N-dealkylation sites (tertiary alicyclic amines) is 1. The molecule has 34 heavy (non-hydrogen) atoms. The molecule has 8 heteroatoms. The van der Waals surface area contributed by atoms with Crippen LogP contribution in [0.3, 0.4) is 0 Å². The van der Waals surface area contributed by atoms with Gasteiger partial charge < -0.3 is 10.2 Å². The third kappa shape index (κ3) is 5.82. The maximum Gasteiger partial charge on any atom is 0.243 e. The Hall–Kier alpha value is -1.93. The summed E-state index contributed by atoms with van der Waals surface area (Å²) in [4.78, 5) is 27.4. The van der Waals surface area contributed by atoms with Gasteiger partial charge >= 0.3 is 0 Å². The van der Waals surface area contributed by atoms with Gasteiger partial charge in [0, 0.05) is 44.6 Å². The van der Waals surface area contributed by atoms with Crippen LogP contribution in [-0.4, -0.2) is 61.7 Å². The van der Waals surface area contributed by atoms with Gasteiger partial charge in [-0.15, -0.1) is 0 Å². The summed E-state index contributed by atoms with van der Waals surface area (Å²) in [6.07, 6.45) is 7.49. The summed E-state index contributed by atoms with van der Waals surface area (Å²) in [5.74, 6) is 0.424. The lowest BCUT2D eigenvalue weighted by atomic mass is 9.92. The minimum absolute atomic E-state index is 0.0257. The summed E-state index contributed by atoms with van der Waals surface area (Å²) in [6.45, 7) is 6.23. The minimum atomic E-state index is -3.53. The smallest absolute Gasteiger partial charge is 0.243 e. The maximum atomic E-state index is 13.2. The van der Waals surface area contributed by atoms with E-state index >= 15 is 0 Å². The molecule has 0 bridgehead atoms. The molecular formula is C26H39N3O4S. The number of amides is 2. The fourth-order valence-electron chi connectivity index (χ4n) is 5.45. The number of hydrogen-bond donors (Lipinski definition) is 1. The highest BCUT2D eigenvalue weighted by Gasteiger charge is 2.33. The molecule has 2 heterocycles. The lowest BCUT2D eigenvalue weighted by Gasteiger charge is -2.35. The third-order valence-corrected chi connectivity index (χ3v) is 9.45. The van der Waals surface area contributed by atoms with Crippen LogP contribution in [-0.2, 0) is 32.5 Å². The number of nitrogens with one attached hydrogen (secondary N) is 1. The van der Waals surface area contributed by atoms with Gasteiger partial charge in [0.15, 0.2) is 0 Å². The van der Waals surface area contributed by atoms with Crippen molar-refractivity contribution in [2.24, 2.45) is 11.8 Å². The van der Waals surface area contributed by atoms with Crippen LogP contribution in [0, 0.1) is 11.8 Å². The van der Waals surface area contributed by atoms with Gasteiger partial charge in [0.25, 0.3) is 0 Å². The van der Waals surface area contributed by atoms with Crippen LogP contribution in [0.2, 0.25) is 0 Å². The summed E-state index contributed by atoms with van der Waals surface area (Å²) < 4.78 is 28.0. The summed E-state index contributed by atoms with van der Waals surface area (Å²) in [5.41, 5.74) is 2.44. The topological polar surface area (TPSA) is 86.8 Å². The van der Waals surface area contributed by atoms with Crippen LogP contribution in [0.5, 0.6) is 0 Å². The van der Waals surface area contributed by atoms with E-state index in [0.29, 0.717) is 56.3 Å². The van der Waals surface area contributed by atoms with Gasteiger partial charge in [-0.2, -0.15) is 4.31 Å². The first kappa shape index (κ1) is 25.2. The van der Waals surface area contributed by atoms with E-state index in [2.05, 4.69) is 5.32 Å². The Morgan fingerprint density at radius 2 is 1.62 bits per heavy atom. The van der Waals surface area contributed by atoms with E-state index < -0.39 is 10.0 Å². The second kappa shape index (κ2) is 10.8. The molecule has 188 valence electrons. The molecule has 7 nitrogen and oxygen atoms in total. The average molecular weight is 490 g/mol. The Labute approximate surface area is 204 Å². The second-order valence-electron chi connectivity index (χ2n) is 10.6. The Morgan fingerprint density at radius 1 is 0.971 bits per heavy atom. The molecule has 0 atom stereocenters. The zero-order valence-corrected chi connectivity index (χ0v) is 21.4. The second-order valence-corrected chi connectivity index (χ2v) is 12.5. The lowest BCUT2D eigenvalue weighted by Crippen LogP contribution is -2.49. The molecular weight excluding hydrogens is 450 g/mol. The van der Waals surface area contributed by atoms with Gasteiger partial charge in [0.2, 0.25) is 21.8 Å². The van der Waals surface area contributed by atoms with E-state index in [9.17, 15) is 18.0 Å². The van der Waals surface area contributed by atoms with E-state index in [-0.39, 0.29) is 23.8 Å². The van der Waals surface area contributed by atoms with E-state index in [1.165, 1.54) is 17.5 Å². The van der Waals surface area contributed by atoms with Crippen molar-refractivity contribution in [1.29, 1.82) is 0 Å². The van der Waals surface area contributed by atoms with Crippen molar-refractivity contribution < 1.29 is 18.0 Å². The van der Waals surface area contributed by atoms with Crippen LogP contribution >= 0.6 is 0 Å². The monoisotopic (exact) mass is 489 g/mol. The molecule has 0 spiro atoms. The number of hydrogen-bond acceptors (Lipinski definition) is 4. The summed E-state index contributed by atoms with van der Waals surface area (Å²) in [6, 6.07) is 5.67. The normalized spacial score (nSPS) is 20.9. The molecule has 1 aromatic carbocycles. The molecule has 0 radical (unpaired) electrons. The number of fused-ring (bicyclic) bond motifs is 1. The largest absolute Gasteiger partial charge is 0.353 e. The summed E-state index contributed by atoms with van der Waals surface area (Å²) in [5, 5.41) is 3.16. The highest BCUT2D eigenvalue weighted by molar-refractivity contribution is 7.89. The molecule has 4 rings (SSSR count). The highest BCUT2D eigenvalue weighted by Crippen LogP contribution is 2.28. The van der Waals surface area contributed by atoms with Crippen molar-refractivity contribution in [1.82, 2.24) is 14.5 Å². The van der Waals surface area contributed by atoms with Gasteiger partial charge in [-0.1, -0.05) is 19.9 Å². The van der Waals surface area contributed by atoms with Crippen molar-refractivity contribution in [3.8, 4) is 0 Å². The number of nitrogens with zero attached hydrogens (tertiary/aromatic N) is 2. The Balaban J connectivity index is 1.26. The van der Waals surface area contributed by atoms with Gasteiger partial charge in [-0.05, 0) is 80.5 Å². The Kier molecular flexibility index (Phi) is 7.97. The number of piperidine rings is 2. The molecule has 2 amide bonds. The molecule has 0 aromatic heterocycles. The van der Waals surface area contributed by atoms with Crippen LogP contribution in [0.1, 0.15) is 69.9 Å². The molecule has 2 fully saturated rings. The molecule has 0 saturated carbocycles. The first-order valence-corrected chi connectivity index (χ1v) is 14.4. The predicted octanol–water partition coefficient (Wildman–Crippen LogP) is 3.12. The standard InChI is InChI=1S/C26H39N3O4S/c1-19(2)17-25(30)28-13-11-23(12-14-28)27-26(31)21-9-15-29(16-10-21)34(32,33)24-8-7-20-5-3-4-6-22(20)18-24/h7-8,18-19,21,23H,3-6,9-17H2,1-2H3,(H,27,31). The average Bonchev–Trinajstić information content (AvgIpc) is 2.83. The third-order valence-electron chi connectivity index (χ3n) is 7.56. The first-order chi connectivity index (χ1) is 16.2. The summed E-state index contributed by atoms with van der Waals surface area (Å²) >= 11 is 0. The van der Waals surface area contributed by atoms with Crippen LogP contribution in [0.4, 0.5) is 0 Å².